The van der Waals surface area contributed by atoms with Gasteiger partial charge in [0.1, 0.15) is 0 Å². The highest BCUT2D eigenvalue weighted by Gasteiger charge is 2.17. The van der Waals surface area contributed by atoms with Crippen LogP contribution in [0.3, 0.4) is 0 Å². The molecular formula is C56H105NO3. The van der Waals surface area contributed by atoms with Crippen molar-refractivity contribution in [2.75, 3.05) is 6.61 Å². The fourth-order valence-electron chi connectivity index (χ4n) is 8.15. The van der Waals surface area contributed by atoms with Crippen LogP contribution in [0, 0.1) is 0 Å². The van der Waals surface area contributed by atoms with Crippen LogP contribution in [0.2, 0.25) is 0 Å². The number of rotatable bonds is 49. The van der Waals surface area contributed by atoms with Crippen LogP contribution < -0.4 is 5.32 Å². The first kappa shape index (κ1) is 58.4. The lowest BCUT2D eigenvalue weighted by Crippen LogP contribution is -2.45. The molecular weight excluding hydrogens is 735 g/mol. The van der Waals surface area contributed by atoms with Gasteiger partial charge in [0, 0.05) is 6.42 Å². The zero-order valence-electron chi connectivity index (χ0n) is 40.5. The molecule has 0 aromatic heterocycles. The average Bonchev–Trinajstić information content (AvgIpc) is 3.25. The Morgan fingerprint density at radius 3 is 0.967 bits per heavy atom. The molecule has 2 atom stereocenters. The largest absolute Gasteiger partial charge is 0.394 e. The van der Waals surface area contributed by atoms with E-state index in [4.69, 9.17) is 0 Å². The van der Waals surface area contributed by atoms with Crippen LogP contribution in [0.1, 0.15) is 284 Å². The van der Waals surface area contributed by atoms with Crippen molar-refractivity contribution in [2.24, 2.45) is 0 Å². The summed E-state index contributed by atoms with van der Waals surface area (Å²) in [5.74, 6) is -0.0756. The minimum absolute atomic E-state index is 0.0756. The summed E-state index contributed by atoms with van der Waals surface area (Å²) in [6.45, 7) is 4.32. The van der Waals surface area contributed by atoms with Gasteiger partial charge >= 0.3 is 0 Å². The lowest BCUT2D eigenvalue weighted by atomic mass is 10.0. The first-order chi connectivity index (χ1) is 29.7. The first-order valence-corrected chi connectivity index (χ1v) is 26.9. The minimum Gasteiger partial charge on any atom is -0.394 e. The molecule has 0 bridgehead atoms. The summed E-state index contributed by atoms with van der Waals surface area (Å²) in [6, 6.07) is -0.646. The maximum atomic E-state index is 12.5. The Balaban J connectivity index is 3.56. The number of aliphatic hydroxyl groups is 2. The molecule has 0 aliphatic carbocycles. The molecule has 3 N–H and O–H groups in total. The molecule has 0 aromatic rings. The second-order valence-corrected chi connectivity index (χ2v) is 18.3. The number of aliphatic hydroxyl groups excluding tert-OH is 2. The Labute approximate surface area is 375 Å². The third-order valence-electron chi connectivity index (χ3n) is 12.3. The molecule has 0 aromatic carbocycles. The molecule has 0 fully saturated rings. The molecule has 0 heterocycles. The van der Waals surface area contributed by atoms with E-state index >= 15 is 0 Å². The second kappa shape index (κ2) is 51.7. The van der Waals surface area contributed by atoms with Gasteiger partial charge in [0.2, 0.25) is 5.91 Å². The van der Waals surface area contributed by atoms with E-state index in [1.807, 2.05) is 6.08 Å². The third kappa shape index (κ3) is 47.4. The molecule has 0 aliphatic heterocycles. The molecule has 0 saturated heterocycles. The zero-order valence-corrected chi connectivity index (χ0v) is 40.5. The monoisotopic (exact) mass is 840 g/mol. The molecule has 0 saturated carbocycles. The Morgan fingerprint density at radius 1 is 0.383 bits per heavy atom. The van der Waals surface area contributed by atoms with E-state index < -0.39 is 12.1 Å². The Morgan fingerprint density at radius 2 is 0.650 bits per heavy atom. The van der Waals surface area contributed by atoms with Crippen molar-refractivity contribution < 1.29 is 15.0 Å². The van der Waals surface area contributed by atoms with Gasteiger partial charge in [0.15, 0.2) is 0 Å². The van der Waals surface area contributed by atoms with Crippen LogP contribution >= 0.6 is 0 Å². The number of hydrogen-bond donors (Lipinski definition) is 3. The van der Waals surface area contributed by atoms with Gasteiger partial charge in [0.25, 0.3) is 0 Å². The molecule has 4 nitrogen and oxygen atoms in total. The van der Waals surface area contributed by atoms with E-state index in [0.29, 0.717) is 6.42 Å². The second-order valence-electron chi connectivity index (χ2n) is 18.3. The maximum absolute atomic E-state index is 12.5. The molecule has 0 radical (unpaired) electrons. The van der Waals surface area contributed by atoms with Gasteiger partial charge in [-0.15, -0.1) is 0 Å². The van der Waals surface area contributed by atoms with Crippen molar-refractivity contribution in [2.45, 2.75) is 296 Å². The number of carbonyl (C=O) groups is 1. The van der Waals surface area contributed by atoms with Crippen LogP contribution in [-0.2, 0) is 4.79 Å². The smallest absolute Gasteiger partial charge is 0.220 e. The van der Waals surface area contributed by atoms with Crippen molar-refractivity contribution in [1.29, 1.82) is 0 Å². The maximum Gasteiger partial charge on any atom is 0.220 e. The normalized spacial score (nSPS) is 13.2. The Kier molecular flexibility index (Phi) is 50.3. The van der Waals surface area contributed by atoms with E-state index in [-0.39, 0.29) is 12.5 Å². The summed E-state index contributed by atoms with van der Waals surface area (Å²) >= 11 is 0. The highest BCUT2D eigenvalue weighted by Crippen LogP contribution is 2.16. The van der Waals surface area contributed by atoms with Crippen LogP contribution in [0.15, 0.2) is 48.6 Å². The average molecular weight is 840 g/mol. The van der Waals surface area contributed by atoms with Gasteiger partial charge in [-0.05, 0) is 70.6 Å². The third-order valence-corrected chi connectivity index (χ3v) is 12.3. The molecule has 0 rings (SSSR count). The molecule has 4 heteroatoms. The highest BCUT2D eigenvalue weighted by molar-refractivity contribution is 5.76. The number of nitrogens with one attached hydrogen (secondary N) is 1. The number of hydrogen-bond acceptors (Lipinski definition) is 3. The van der Waals surface area contributed by atoms with Crippen molar-refractivity contribution in [3.8, 4) is 0 Å². The van der Waals surface area contributed by atoms with E-state index in [1.54, 1.807) is 6.08 Å². The number of amides is 1. The van der Waals surface area contributed by atoms with Crippen molar-refractivity contribution >= 4 is 5.91 Å². The number of unbranched alkanes of at least 4 members (excludes halogenated alkanes) is 36. The molecule has 1 amide bonds. The standard InChI is InChI=1S/C56H105NO3/c1-3-5-7-9-11-13-15-17-19-21-23-25-27-28-30-32-34-36-38-40-42-44-46-48-50-52-56(60)57-54(53-58)55(59)51-49-47-45-43-41-39-37-35-33-31-29-26-24-22-20-18-16-14-12-10-8-6-4-2/h21,23,33,35,41,43,49,51,54-55,58-59H,3-20,22,24-32,34,36-40,42,44-48,50,52-53H2,1-2H3,(H,57,60)/b23-21-,35-33+,43-41+,51-49+. The van der Waals surface area contributed by atoms with E-state index in [0.717, 1.165) is 38.5 Å². The summed E-state index contributed by atoms with van der Waals surface area (Å²) in [5, 5.41) is 23.1. The highest BCUT2D eigenvalue weighted by atomic mass is 16.3. The van der Waals surface area contributed by atoms with E-state index in [9.17, 15) is 15.0 Å². The molecule has 60 heavy (non-hydrogen) atoms. The van der Waals surface area contributed by atoms with Crippen LogP contribution in [-0.4, -0.2) is 34.9 Å². The quantitative estimate of drug-likeness (QED) is 0.0422. The zero-order chi connectivity index (χ0) is 43.5. The SMILES string of the molecule is CCCCCCCCCC/C=C\CCCCCCCCCCCCCCCC(=O)NC(CO)C(O)/C=C/CC/C=C/CC/C=C/CCCCCCCCCCCCCCC. The summed E-state index contributed by atoms with van der Waals surface area (Å²) < 4.78 is 0. The minimum atomic E-state index is -0.871. The predicted molar refractivity (Wildman–Crippen MR) is 267 cm³/mol. The first-order valence-electron chi connectivity index (χ1n) is 26.9. The lowest BCUT2D eigenvalue weighted by Gasteiger charge is -2.19. The van der Waals surface area contributed by atoms with Gasteiger partial charge in [-0.3, -0.25) is 4.79 Å². The topological polar surface area (TPSA) is 69.6 Å². The summed E-state index contributed by atoms with van der Waals surface area (Å²) in [6.07, 6.45) is 71.2. The summed E-state index contributed by atoms with van der Waals surface area (Å²) in [7, 11) is 0. The summed E-state index contributed by atoms with van der Waals surface area (Å²) in [5.41, 5.74) is 0. The fourth-order valence-corrected chi connectivity index (χ4v) is 8.15. The Bertz CT molecular complexity index is 954. The van der Waals surface area contributed by atoms with Crippen LogP contribution in [0.25, 0.3) is 0 Å². The van der Waals surface area contributed by atoms with Gasteiger partial charge in [-0.1, -0.05) is 255 Å². The van der Waals surface area contributed by atoms with Crippen LogP contribution in [0.4, 0.5) is 0 Å². The number of carbonyl (C=O) groups excluding carboxylic acids is 1. The molecule has 352 valence electrons. The van der Waals surface area contributed by atoms with Crippen molar-refractivity contribution in [1.82, 2.24) is 5.32 Å². The van der Waals surface area contributed by atoms with Gasteiger partial charge in [-0.25, -0.2) is 0 Å². The van der Waals surface area contributed by atoms with Crippen LogP contribution in [0.5, 0.6) is 0 Å². The number of allylic oxidation sites excluding steroid dienone is 7. The van der Waals surface area contributed by atoms with E-state index in [2.05, 4.69) is 55.6 Å². The fraction of sp³-hybridized carbons (Fsp3) is 0.839. The molecule has 0 spiro atoms. The van der Waals surface area contributed by atoms with Crippen molar-refractivity contribution in [3.05, 3.63) is 48.6 Å². The molecule has 2 unspecified atom stereocenters. The summed E-state index contributed by atoms with van der Waals surface area (Å²) in [4.78, 5) is 12.5. The predicted octanol–water partition coefficient (Wildman–Crippen LogP) is 17.5. The Hall–Kier alpha value is -1.65. The van der Waals surface area contributed by atoms with Gasteiger partial charge in [0.05, 0.1) is 18.8 Å². The molecule has 0 aliphatic rings. The lowest BCUT2D eigenvalue weighted by molar-refractivity contribution is -0.123. The van der Waals surface area contributed by atoms with E-state index in [1.165, 1.54) is 225 Å². The van der Waals surface area contributed by atoms with Crippen molar-refractivity contribution in [3.63, 3.8) is 0 Å². The van der Waals surface area contributed by atoms with Gasteiger partial charge < -0.3 is 15.5 Å². The van der Waals surface area contributed by atoms with Gasteiger partial charge in [-0.2, -0.15) is 0 Å².